The summed E-state index contributed by atoms with van der Waals surface area (Å²) in [4.78, 5) is 29.6. The molecule has 39 heavy (non-hydrogen) atoms. The van der Waals surface area contributed by atoms with Crippen LogP contribution in [0.15, 0.2) is 78.9 Å². The number of methoxy groups -OCH3 is 2. The molecule has 1 unspecified atom stereocenters. The molecule has 1 N–H and O–H groups in total. The van der Waals surface area contributed by atoms with Gasteiger partial charge in [-0.25, -0.2) is 0 Å². The van der Waals surface area contributed by atoms with Crippen molar-refractivity contribution in [1.29, 1.82) is 0 Å². The van der Waals surface area contributed by atoms with Crippen molar-refractivity contribution in [3.8, 4) is 22.8 Å². The molecule has 0 saturated carbocycles. The quantitative estimate of drug-likeness (QED) is 0.356. The van der Waals surface area contributed by atoms with Gasteiger partial charge in [0.1, 0.15) is 22.7 Å². The van der Waals surface area contributed by atoms with Crippen LogP contribution in [0.1, 0.15) is 35.5 Å². The van der Waals surface area contributed by atoms with Crippen LogP contribution in [-0.4, -0.2) is 41.4 Å². The van der Waals surface area contributed by atoms with Crippen LogP contribution >= 0.6 is 0 Å². The van der Waals surface area contributed by atoms with Crippen molar-refractivity contribution in [2.24, 2.45) is 0 Å². The molecule has 5 rings (SSSR count). The van der Waals surface area contributed by atoms with E-state index in [1.807, 2.05) is 72.8 Å². The highest BCUT2D eigenvalue weighted by Gasteiger charge is 2.48. The number of carbonyl (C=O) groups excluding carboxylic acids is 2. The van der Waals surface area contributed by atoms with Crippen LogP contribution in [0.4, 0.5) is 5.69 Å². The summed E-state index contributed by atoms with van der Waals surface area (Å²) in [5.41, 5.74) is 3.36. The maximum atomic E-state index is 14.1. The van der Waals surface area contributed by atoms with Crippen molar-refractivity contribution in [2.75, 3.05) is 19.1 Å². The van der Waals surface area contributed by atoms with Gasteiger partial charge in [-0.3, -0.25) is 19.2 Å². The fourth-order valence-electron chi connectivity index (χ4n) is 4.98. The lowest BCUT2D eigenvalue weighted by Crippen LogP contribution is -2.64. The van der Waals surface area contributed by atoms with E-state index >= 15 is 0 Å². The maximum Gasteiger partial charge on any atom is 0.277 e. The lowest BCUT2D eigenvalue weighted by Gasteiger charge is -2.43. The van der Waals surface area contributed by atoms with E-state index < -0.39 is 5.54 Å². The third-order valence-electron chi connectivity index (χ3n) is 7.26. The number of rotatable bonds is 8. The molecule has 3 aromatic carbocycles. The number of ether oxygens (including phenoxy) is 2. The lowest BCUT2D eigenvalue weighted by atomic mass is 9.93. The zero-order chi connectivity index (χ0) is 27.6. The van der Waals surface area contributed by atoms with Gasteiger partial charge < -0.3 is 14.8 Å². The van der Waals surface area contributed by atoms with Crippen molar-refractivity contribution in [3.05, 3.63) is 95.7 Å². The van der Waals surface area contributed by atoms with E-state index in [-0.39, 0.29) is 24.9 Å². The number of hydrogen-bond acceptors (Lipinski definition) is 5. The van der Waals surface area contributed by atoms with Crippen LogP contribution in [0.5, 0.6) is 11.5 Å². The van der Waals surface area contributed by atoms with Gasteiger partial charge in [-0.1, -0.05) is 37.3 Å². The molecular formula is C31H32N4O4. The molecule has 0 fully saturated rings. The van der Waals surface area contributed by atoms with Crippen LogP contribution in [-0.2, 0) is 24.3 Å². The SMILES string of the molecule is CCc1ccc(N2C(=O)c3cc(-c4ccc(OC)cc4)nn3CC2(C)C(=O)NCc2ccccc2OC)cc1. The number of nitrogens with zero attached hydrogens (tertiary/aromatic N) is 3. The molecule has 0 bridgehead atoms. The molecule has 200 valence electrons. The molecule has 2 heterocycles. The number of hydrogen-bond donors (Lipinski definition) is 1. The van der Waals surface area contributed by atoms with Gasteiger partial charge in [0.25, 0.3) is 5.91 Å². The number of para-hydroxylation sites is 1. The number of nitrogens with one attached hydrogen (secondary N) is 1. The first kappa shape index (κ1) is 26.0. The zero-order valence-electron chi connectivity index (χ0n) is 22.6. The first-order chi connectivity index (χ1) is 18.9. The molecule has 1 atom stereocenters. The molecular weight excluding hydrogens is 492 g/mol. The molecule has 4 aromatic rings. The maximum absolute atomic E-state index is 14.1. The van der Waals surface area contributed by atoms with Crippen LogP contribution in [0, 0.1) is 0 Å². The Bertz CT molecular complexity index is 1490. The molecule has 8 nitrogen and oxygen atoms in total. The van der Waals surface area contributed by atoms with Crippen LogP contribution in [0.2, 0.25) is 0 Å². The number of aryl methyl sites for hydroxylation is 1. The summed E-state index contributed by atoms with van der Waals surface area (Å²) in [5.74, 6) is 0.856. The van der Waals surface area contributed by atoms with Gasteiger partial charge in [-0.15, -0.1) is 0 Å². The molecule has 1 aliphatic rings. The van der Waals surface area contributed by atoms with Gasteiger partial charge in [-0.2, -0.15) is 5.10 Å². The number of benzene rings is 3. The smallest absolute Gasteiger partial charge is 0.277 e. The zero-order valence-corrected chi connectivity index (χ0v) is 22.6. The number of carbonyl (C=O) groups is 2. The largest absolute Gasteiger partial charge is 0.497 e. The average molecular weight is 525 g/mol. The Morgan fingerprint density at radius 3 is 2.38 bits per heavy atom. The third-order valence-corrected chi connectivity index (χ3v) is 7.26. The van der Waals surface area contributed by atoms with Gasteiger partial charge in [0.2, 0.25) is 5.91 Å². The van der Waals surface area contributed by atoms with Gasteiger partial charge in [0, 0.05) is 23.4 Å². The van der Waals surface area contributed by atoms with Crippen molar-refractivity contribution in [2.45, 2.75) is 38.9 Å². The Kier molecular flexibility index (Phi) is 7.11. The fourth-order valence-corrected chi connectivity index (χ4v) is 4.98. The van der Waals surface area contributed by atoms with Crippen LogP contribution in [0.25, 0.3) is 11.3 Å². The number of fused-ring (bicyclic) bond motifs is 1. The summed E-state index contributed by atoms with van der Waals surface area (Å²) in [6.07, 6.45) is 0.878. The Morgan fingerprint density at radius 1 is 1.00 bits per heavy atom. The molecule has 0 saturated heterocycles. The van der Waals surface area contributed by atoms with Crippen molar-refractivity contribution in [3.63, 3.8) is 0 Å². The van der Waals surface area contributed by atoms with Crippen molar-refractivity contribution in [1.82, 2.24) is 15.1 Å². The Balaban J connectivity index is 1.52. The third kappa shape index (κ3) is 4.85. The number of amides is 2. The van der Waals surface area contributed by atoms with Crippen LogP contribution in [0.3, 0.4) is 0 Å². The Morgan fingerprint density at radius 2 is 1.72 bits per heavy atom. The Labute approximate surface area is 228 Å². The minimum atomic E-state index is -1.23. The second kappa shape index (κ2) is 10.6. The second-order valence-electron chi connectivity index (χ2n) is 9.73. The lowest BCUT2D eigenvalue weighted by molar-refractivity contribution is -0.126. The monoisotopic (exact) mass is 524 g/mol. The first-order valence-electron chi connectivity index (χ1n) is 12.9. The molecule has 1 aromatic heterocycles. The summed E-state index contributed by atoms with van der Waals surface area (Å²) < 4.78 is 12.4. The van der Waals surface area contributed by atoms with Crippen molar-refractivity contribution >= 4 is 17.5 Å². The van der Waals surface area contributed by atoms with Crippen LogP contribution < -0.4 is 19.7 Å². The summed E-state index contributed by atoms with van der Waals surface area (Å²) in [5, 5.41) is 7.78. The van der Waals surface area contributed by atoms with E-state index in [1.54, 1.807) is 36.8 Å². The number of anilines is 1. The van der Waals surface area contributed by atoms with Gasteiger partial charge in [-0.05, 0) is 67.4 Å². The van der Waals surface area contributed by atoms with Gasteiger partial charge in [0.15, 0.2) is 0 Å². The van der Waals surface area contributed by atoms with E-state index in [2.05, 4.69) is 12.2 Å². The standard InChI is InChI=1S/C31H32N4O4/c1-5-21-10-14-24(15-11-21)35-29(36)27-18-26(22-12-16-25(38-3)17-13-22)33-34(27)20-31(35,2)30(37)32-19-23-8-6-7-9-28(23)39-4/h6-18H,5,19-20H2,1-4H3,(H,32,37). The van der Waals surface area contributed by atoms with E-state index in [4.69, 9.17) is 14.6 Å². The second-order valence-corrected chi connectivity index (χ2v) is 9.73. The highest BCUT2D eigenvalue weighted by molar-refractivity contribution is 6.12. The van der Waals surface area contributed by atoms with E-state index in [0.29, 0.717) is 22.8 Å². The summed E-state index contributed by atoms with van der Waals surface area (Å²) >= 11 is 0. The summed E-state index contributed by atoms with van der Waals surface area (Å²) in [7, 11) is 3.22. The summed E-state index contributed by atoms with van der Waals surface area (Å²) in [6, 6.07) is 24.6. The fraction of sp³-hybridized carbons (Fsp3) is 0.258. The predicted octanol–water partition coefficient (Wildman–Crippen LogP) is 4.87. The molecule has 0 spiro atoms. The number of aromatic nitrogens is 2. The molecule has 0 aliphatic carbocycles. The van der Waals surface area contributed by atoms with E-state index in [1.165, 1.54) is 0 Å². The first-order valence-corrected chi connectivity index (χ1v) is 12.9. The molecule has 0 radical (unpaired) electrons. The highest BCUT2D eigenvalue weighted by atomic mass is 16.5. The normalized spacial score (nSPS) is 16.5. The molecule has 2 amide bonds. The topological polar surface area (TPSA) is 85.7 Å². The van der Waals surface area contributed by atoms with Gasteiger partial charge >= 0.3 is 0 Å². The molecule has 1 aliphatic heterocycles. The average Bonchev–Trinajstić information content (AvgIpc) is 3.40. The predicted molar refractivity (Wildman–Crippen MR) is 150 cm³/mol. The van der Waals surface area contributed by atoms with Crippen molar-refractivity contribution < 1.29 is 19.1 Å². The minimum Gasteiger partial charge on any atom is -0.497 e. The molecule has 8 heteroatoms. The Hall–Kier alpha value is -4.59. The highest BCUT2D eigenvalue weighted by Crippen LogP contribution is 2.35. The van der Waals surface area contributed by atoms with Gasteiger partial charge in [0.05, 0.1) is 26.5 Å². The van der Waals surface area contributed by atoms with E-state index in [0.717, 1.165) is 28.9 Å². The summed E-state index contributed by atoms with van der Waals surface area (Å²) in [6.45, 7) is 4.32. The minimum absolute atomic E-state index is 0.192. The van der Waals surface area contributed by atoms with E-state index in [9.17, 15) is 9.59 Å².